The standard InChI is InChI=1S/C19H29FO2S/c1-2-3-4-5-6-7-8-9-10-14-17-19(20)23(21,22)18-15-12-11-13-16-18/h11-13,15-17H,2-10,14H2,1H3/b19-17+. The molecule has 0 aromatic heterocycles. The molecular weight excluding hydrogens is 311 g/mol. The van der Waals surface area contributed by atoms with E-state index in [0.29, 0.717) is 6.42 Å². The Kier molecular flexibility index (Phi) is 9.85. The van der Waals surface area contributed by atoms with E-state index in [9.17, 15) is 12.8 Å². The van der Waals surface area contributed by atoms with Crippen LogP contribution in [0.4, 0.5) is 4.39 Å². The lowest BCUT2D eigenvalue weighted by Crippen LogP contribution is -2.01. The molecule has 1 rings (SSSR count). The predicted molar refractivity (Wildman–Crippen MR) is 94.7 cm³/mol. The fourth-order valence-corrected chi connectivity index (χ4v) is 3.57. The average Bonchev–Trinajstić information content (AvgIpc) is 2.57. The Hall–Kier alpha value is -1.16. The molecule has 1 aromatic rings. The van der Waals surface area contributed by atoms with Crippen LogP contribution in [0.25, 0.3) is 0 Å². The summed E-state index contributed by atoms with van der Waals surface area (Å²) in [5.74, 6) is 0. The van der Waals surface area contributed by atoms with Gasteiger partial charge >= 0.3 is 0 Å². The molecule has 23 heavy (non-hydrogen) atoms. The van der Waals surface area contributed by atoms with Crippen LogP contribution in [0.15, 0.2) is 46.5 Å². The van der Waals surface area contributed by atoms with Crippen molar-refractivity contribution in [3.8, 4) is 0 Å². The van der Waals surface area contributed by atoms with Crippen molar-refractivity contribution in [2.24, 2.45) is 0 Å². The second kappa shape index (κ2) is 11.4. The molecule has 0 amide bonds. The molecule has 130 valence electrons. The highest BCUT2D eigenvalue weighted by Gasteiger charge is 2.19. The zero-order valence-electron chi connectivity index (χ0n) is 14.1. The second-order valence-electron chi connectivity index (χ2n) is 5.94. The van der Waals surface area contributed by atoms with Gasteiger partial charge in [-0.05, 0) is 31.1 Å². The van der Waals surface area contributed by atoms with E-state index in [1.54, 1.807) is 18.2 Å². The van der Waals surface area contributed by atoms with Crippen LogP contribution in [-0.2, 0) is 9.84 Å². The Morgan fingerprint density at radius 2 is 1.43 bits per heavy atom. The fourth-order valence-electron chi connectivity index (χ4n) is 2.49. The zero-order chi connectivity index (χ0) is 17.0. The van der Waals surface area contributed by atoms with Crippen molar-refractivity contribution in [1.82, 2.24) is 0 Å². The minimum Gasteiger partial charge on any atom is -0.216 e. The minimum absolute atomic E-state index is 0.0147. The first-order valence-electron chi connectivity index (χ1n) is 8.75. The molecule has 0 saturated heterocycles. The smallest absolute Gasteiger partial charge is 0.216 e. The Morgan fingerprint density at radius 1 is 0.913 bits per heavy atom. The number of benzene rings is 1. The molecule has 0 bridgehead atoms. The maximum absolute atomic E-state index is 13.9. The highest BCUT2D eigenvalue weighted by atomic mass is 32.2. The third-order valence-corrected chi connectivity index (χ3v) is 5.50. The summed E-state index contributed by atoms with van der Waals surface area (Å²) in [4.78, 5) is 0.0147. The first kappa shape index (κ1) is 19.9. The van der Waals surface area contributed by atoms with Crippen molar-refractivity contribution < 1.29 is 12.8 Å². The molecule has 0 radical (unpaired) electrons. The van der Waals surface area contributed by atoms with Crippen molar-refractivity contribution in [3.63, 3.8) is 0 Å². The molecule has 0 saturated carbocycles. The Balaban J connectivity index is 2.22. The van der Waals surface area contributed by atoms with Crippen LogP contribution >= 0.6 is 0 Å². The van der Waals surface area contributed by atoms with Crippen molar-refractivity contribution >= 4 is 9.84 Å². The topological polar surface area (TPSA) is 34.1 Å². The third-order valence-electron chi connectivity index (χ3n) is 3.92. The molecule has 0 unspecified atom stereocenters. The first-order valence-corrected chi connectivity index (χ1v) is 10.2. The normalized spacial score (nSPS) is 12.5. The summed E-state index contributed by atoms with van der Waals surface area (Å²) in [7, 11) is -3.95. The van der Waals surface area contributed by atoms with E-state index >= 15 is 0 Å². The van der Waals surface area contributed by atoms with Gasteiger partial charge < -0.3 is 0 Å². The number of allylic oxidation sites excluding steroid dienone is 1. The van der Waals surface area contributed by atoms with Crippen LogP contribution in [0.3, 0.4) is 0 Å². The Labute approximate surface area is 140 Å². The summed E-state index contributed by atoms with van der Waals surface area (Å²) in [5.41, 5.74) is 0. The molecule has 0 aliphatic heterocycles. The lowest BCUT2D eigenvalue weighted by molar-refractivity contribution is 0.562. The highest BCUT2D eigenvalue weighted by Crippen LogP contribution is 2.21. The number of halogens is 1. The van der Waals surface area contributed by atoms with Gasteiger partial charge in [0.1, 0.15) is 0 Å². The molecule has 0 heterocycles. The molecule has 4 heteroatoms. The zero-order valence-corrected chi connectivity index (χ0v) is 15.0. The maximum atomic E-state index is 13.9. The van der Waals surface area contributed by atoms with E-state index in [1.807, 2.05) is 0 Å². The van der Waals surface area contributed by atoms with Gasteiger partial charge in [-0.1, -0.05) is 76.5 Å². The highest BCUT2D eigenvalue weighted by molar-refractivity contribution is 7.95. The van der Waals surface area contributed by atoms with Gasteiger partial charge in [0.05, 0.1) is 4.90 Å². The van der Waals surface area contributed by atoms with Crippen LogP contribution in [-0.4, -0.2) is 8.42 Å². The number of rotatable bonds is 12. The minimum atomic E-state index is -3.95. The van der Waals surface area contributed by atoms with Crippen molar-refractivity contribution in [2.45, 2.75) is 76.0 Å². The first-order chi connectivity index (χ1) is 11.1. The van der Waals surface area contributed by atoms with Crippen molar-refractivity contribution in [1.29, 1.82) is 0 Å². The molecule has 0 fully saturated rings. The number of sulfone groups is 1. The van der Waals surface area contributed by atoms with E-state index in [4.69, 9.17) is 0 Å². The molecule has 2 nitrogen and oxygen atoms in total. The van der Waals surface area contributed by atoms with Gasteiger partial charge in [0.15, 0.2) is 0 Å². The number of unbranched alkanes of at least 4 members (excludes halogenated alkanes) is 9. The van der Waals surface area contributed by atoms with Crippen molar-refractivity contribution in [3.05, 3.63) is 41.6 Å². The Bertz CT molecular complexity index is 550. The second-order valence-corrected chi connectivity index (χ2v) is 7.81. The summed E-state index contributed by atoms with van der Waals surface area (Å²) in [6.45, 7) is 2.21. The molecule has 0 aliphatic carbocycles. The van der Waals surface area contributed by atoms with E-state index in [0.717, 1.165) is 19.3 Å². The average molecular weight is 341 g/mol. The third kappa shape index (κ3) is 7.78. The van der Waals surface area contributed by atoms with Gasteiger partial charge in [0.25, 0.3) is 0 Å². The molecule has 0 aliphatic rings. The van der Waals surface area contributed by atoms with E-state index in [-0.39, 0.29) is 4.90 Å². The van der Waals surface area contributed by atoms with E-state index in [1.165, 1.54) is 56.7 Å². The lowest BCUT2D eigenvalue weighted by Gasteiger charge is -2.02. The quantitative estimate of drug-likeness (QED) is 0.425. The van der Waals surface area contributed by atoms with E-state index < -0.39 is 15.0 Å². The van der Waals surface area contributed by atoms with Gasteiger partial charge in [-0.25, -0.2) is 8.42 Å². The predicted octanol–water partition coefficient (Wildman–Crippen LogP) is 6.19. The molecule has 0 spiro atoms. The molecule has 0 N–H and O–H groups in total. The molecular formula is C19H29FO2S. The van der Waals surface area contributed by atoms with Gasteiger partial charge in [-0.2, -0.15) is 4.39 Å². The summed E-state index contributed by atoms with van der Waals surface area (Å²) in [6.07, 6.45) is 12.4. The summed E-state index contributed by atoms with van der Waals surface area (Å²) >= 11 is 0. The van der Waals surface area contributed by atoms with Crippen LogP contribution in [0, 0.1) is 0 Å². The summed E-state index contributed by atoms with van der Waals surface area (Å²) in [6, 6.07) is 7.74. The lowest BCUT2D eigenvalue weighted by atomic mass is 10.1. The van der Waals surface area contributed by atoms with Crippen molar-refractivity contribution in [2.75, 3.05) is 0 Å². The van der Waals surface area contributed by atoms with Crippen LogP contribution in [0.5, 0.6) is 0 Å². The summed E-state index contributed by atoms with van der Waals surface area (Å²) in [5, 5.41) is -1.02. The van der Waals surface area contributed by atoms with Gasteiger partial charge in [0.2, 0.25) is 15.0 Å². The monoisotopic (exact) mass is 340 g/mol. The van der Waals surface area contributed by atoms with Crippen LogP contribution in [0.2, 0.25) is 0 Å². The van der Waals surface area contributed by atoms with Gasteiger partial charge in [0, 0.05) is 0 Å². The van der Waals surface area contributed by atoms with Gasteiger partial charge in [-0.15, -0.1) is 0 Å². The SMILES string of the molecule is CCCCCCCCCCC/C=C(\F)S(=O)(=O)c1ccccc1. The number of hydrogen-bond acceptors (Lipinski definition) is 2. The Morgan fingerprint density at radius 3 is 2.00 bits per heavy atom. The summed E-state index contributed by atoms with van der Waals surface area (Å²) < 4.78 is 37.8. The van der Waals surface area contributed by atoms with E-state index in [2.05, 4.69) is 6.92 Å². The fraction of sp³-hybridized carbons (Fsp3) is 0.579. The van der Waals surface area contributed by atoms with Crippen LogP contribution in [0.1, 0.15) is 71.1 Å². The number of hydrogen-bond donors (Lipinski definition) is 0. The van der Waals surface area contributed by atoms with Crippen LogP contribution < -0.4 is 0 Å². The molecule has 0 atom stereocenters. The van der Waals surface area contributed by atoms with Gasteiger partial charge in [-0.3, -0.25) is 0 Å². The molecule has 1 aromatic carbocycles. The maximum Gasteiger partial charge on any atom is 0.232 e. The largest absolute Gasteiger partial charge is 0.232 e.